The summed E-state index contributed by atoms with van der Waals surface area (Å²) in [5.74, 6) is 1.58. The first-order valence-corrected chi connectivity index (χ1v) is 7.62. The Morgan fingerprint density at radius 2 is 2.11 bits per heavy atom. The van der Waals surface area contributed by atoms with Crippen LogP contribution in [0.15, 0.2) is 18.2 Å². The van der Waals surface area contributed by atoms with Crippen LogP contribution >= 0.6 is 11.8 Å². The van der Waals surface area contributed by atoms with Gasteiger partial charge in [-0.05, 0) is 29.2 Å². The van der Waals surface area contributed by atoms with E-state index in [0.717, 1.165) is 5.75 Å². The standard InChI is InChI=1S/C15H21FO2S/c1-14(2)8-15(17,10-19-9-14)7-11-5-4-6-12(18-3)13(11)16/h4-6,17H,7-10H2,1-3H3. The number of methoxy groups -OCH3 is 1. The molecule has 1 saturated heterocycles. The van der Waals surface area contributed by atoms with Gasteiger partial charge in [0.1, 0.15) is 0 Å². The number of halogens is 1. The van der Waals surface area contributed by atoms with Crippen LogP contribution in [0, 0.1) is 11.2 Å². The molecule has 106 valence electrons. The average molecular weight is 284 g/mol. The molecule has 2 nitrogen and oxygen atoms in total. The van der Waals surface area contributed by atoms with Crippen molar-refractivity contribution in [2.24, 2.45) is 5.41 Å². The van der Waals surface area contributed by atoms with Gasteiger partial charge < -0.3 is 9.84 Å². The minimum absolute atomic E-state index is 0.0903. The Morgan fingerprint density at radius 3 is 2.74 bits per heavy atom. The number of ether oxygens (including phenoxy) is 1. The third-order valence-corrected chi connectivity index (χ3v) is 5.18. The van der Waals surface area contributed by atoms with Crippen LogP contribution in [0.5, 0.6) is 5.75 Å². The topological polar surface area (TPSA) is 29.5 Å². The van der Waals surface area contributed by atoms with Crippen molar-refractivity contribution in [2.75, 3.05) is 18.6 Å². The van der Waals surface area contributed by atoms with Crippen molar-refractivity contribution in [1.82, 2.24) is 0 Å². The van der Waals surface area contributed by atoms with Gasteiger partial charge in [0.25, 0.3) is 0 Å². The molecule has 0 aliphatic carbocycles. The van der Waals surface area contributed by atoms with Crippen molar-refractivity contribution in [1.29, 1.82) is 0 Å². The molecule has 0 saturated carbocycles. The Labute approximate surface area is 118 Å². The fourth-order valence-electron chi connectivity index (χ4n) is 2.83. The molecule has 1 aliphatic rings. The zero-order chi connectivity index (χ0) is 14.1. The van der Waals surface area contributed by atoms with Crippen molar-refractivity contribution >= 4 is 11.8 Å². The van der Waals surface area contributed by atoms with Gasteiger partial charge in [0.2, 0.25) is 0 Å². The van der Waals surface area contributed by atoms with E-state index < -0.39 is 5.60 Å². The lowest BCUT2D eigenvalue weighted by atomic mass is 9.79. The van der Waals surface area contributed by atoms with Crippen LogP contribution in [0.3, 0.4) is 0 Å². The highest BCUT2D eigenvalue weighted by atomic mass is 32.2. The Morgan fingerprint density at radius 1 is 1.37 bits per heavy atom. The van der Waals surface area contributed by atoms with Gasteiger partial charge in [0, 0.05) is 12.2 Å². The number of benzene rings is 1. The quantitative estimate of drug-likeness (QED) is 0.923. The Bertz CT molecular complexity index is 461. The molecule has 1 unspecified atom stereocenters. The van der Waals surface area contributed by atoms with E-state index in [1.54, 1.807) is 30.0 Å². The molecule has 0 bridgehead atoms. The van der Waals surface area contributed by atoms with Crippen LogP contribution in [0.2, 0.25) is 0 Å². The first-order valence-electron chi connectivity index (χ1n) is 6.47. The van der Waals surface area contributed by atoms with Crippen molar-refractivity contribution in [3.63, 3.8) is 0 Å². The van der Waals surface area contributed by atoms with Gasteiger partial charge in [-0.15, -0.1) is 0 Å². The molecule has 1 aromatic carbocycles. The summed E-state index contributed by atoms with van der Waals surface area (Å²) in [6.07, 6.45) is 1.04. The van der Waals surface area contributed by atoms with E-state index in [4.69, 9.17) is 4.74 Å². The van der Waals surface area contributed by atoms with Gasteiger partial charge in [-0.3, -0.25) is 0 Å². The normalized spacial score (nSPS) is 26.2. The number of hydrogen-bond acceptors (Lipinski definition) is 3. The second-order valence-electron chi connectivity index (χ2n) is 6.17. The molecule has 0 radical (unpaired) electrons. The largest absolute Gasteiger partial charge is 0.494 e. The van der Waals surface area contributed by atoms with Gasteiger partial charge in [0.05, 0.1) is 12.7 Å². The molecule has 4 heteroatoms. The van der Waals surface area contributed by atoms with Crippen molar-refractivity contribution < 1.29 is 14.2 Å². The van der Waals surface area contributed by atoms with E-state index in [9.17, 15) is 9.50 Å². The summed E-state index contributed by atoms with van der Waals surface area (Å²) >= 11 is 1.74. The second kappa shape index (κ2) is 5.33. The fourth-order valence-corrected chi connectivity index (χ4v) is 4.17. The van der Waals surface area contributed by atoms with Crippen LogP contribution in [0.25, 0.3) is 0 Å². The maximum absolute atomic E-state index is 14.1. The van der Waals surface area contributed by atoms with Crippen LogP contribution in [0.4, 0.5) is 4.39 Å². The van der Waals surface area contributed by atoms with Crippen LogP contribution in [-0.4, -0.2) is 29.3 Å². The lowest BCUT2D eigenvalue weighted by molar-refractivity contribution is 0.0192. The zero-order valence-electron chi connectivity index (χ0n) is 11.7. The van der Waals surface area contributed by atoms with E-state index in [1.807, 2.05) is 0 Å². The smallest absolute Gasteiger partial charge is 0.168 e. The number of rotatable bonds is 3. The number of thioether (sulfide) groups is 1. The minimum Gasteiger partial charge on any atom is -0.494 e. The average Bonchev–Trinajstić information content (AvgIpc) is 2.30. The van der Waals surface area contributed by atoms with Gasteiger partial charge in [-0.1, -0.05) is 26.0 Å². The van der Waals surface area contributed by atoms with Crippen molar-refractivity contribution in [3.05, 3.63) is 29.6 Å². The molecule has 0 amide bonds. The first kappa shape index (κ1) is 14.7. The van der Waals surface area contributed by atoms with Crippen molar-refractivity contribution in [3.8, 4) is 5.75 Å². The second-order valence-corrected chi connectivity index (χ2v) is 7.15. The van der Waals surface area contributed by atoms with Crippen LogP contribution < -0.4 is 4.74 Å². The maximum Gasteiger partial charge on any atom is 0.168 e. The highest BCUT2D eigenvalue weighted by molar-refractivity contribution is 7.99. The predicted molar refractivity (Wildman–Crippen MR) is 77.3 cm³/mol. The van der Waals surface area contributed by atoms with Crippen LogP contribution in [0.1, 0.15) is 25.8 Å². The van der Waals surface area contributed by atoms with Crippen molar-refractivity contribution in [2.45, 2.75) is 32.3 Å². The van der Waals surface area contributed by atoms with E-state index in [2.05, 4.69) is 13.8 Å². The summed E-state index contributed by atoms with van der Waals surface area (Å²) < 4.78 is 19.1. The molecular weight excluding hydrogens is 263 g/mol. The molecule has 19 heavy (non-hydrogen) atoms. The summed E-state index contributed by atoms with van der Waals surface area (Å²) in [5, 5.41) is 10.7. The van der Waals surface area contributed by atoms with Gasteiger partial charge in [-0.25, -0.2) is 4.39 Å². The molecule has 1 fully saturated rings. The number of aliphatic hydroxyl groups is 1. The van der Waals surface area contributed by atoms with E-state index >= 15 is 0 Å². The highest BCUT2D eigenvalue weighted by Crippen LogP contribution is 2.41. The molecule has 0 aromatic heterocycles. The minimum atomic E-state index is -0.834. The maximum atomic E-state index is 14.1. The van der Waals surface area contributed by atoms with E-state index in [0.29, 0.717) is 24.2 Å². The molecule has 1 heterocycles. The summed E-state index contributed by atoms with van der Waals surface area (Å²) in [4.78, 5) is 0. The lowest BCUT2D eigenvalue weighted by Crippen LogP contribution is -2.44. The zero-order valence-corrected chi connectivity index (χ0v) is 12.5. The van der Waals surface area contributed by atoms with Crippen LogP contribution in [-0.2, 0) is 6.42 Å². The van der Waals surface area contributed by atoms with Gasteiger partial charge >= 0.3 is 0 Å². The van der Waals surface area contributed by atoms with E-state index in [-0.39, 0.29) is 17.0 Å². The molecule has 0 spiro atoms. The summed E-state index contributed by atoms with van der Waals surface area (Å²) in [7, 11) is 1.45. The first-order chi connectivity index (χ1) is 8.85. The van der Waals surface area contributed by atoms with Gasteiger partial charge in [0.15, 0.2) is 11.6 Å². The SMILES string of the molecule is COc1cccc(CC2(O)CSCC(C)(C)C2)c1F. The van der Waals surface area contributed by atoms with Gasteiger partial charge in [-0.2, -0.15) is 11.8 Å². The summed E-state index contributed by atoms with van der Waals surface area (Å²) in [6.45, 7) is 4.29. The molecule has 1 atom stereocenters. The highest BCUT2D eigenvalue weighted by Gasteiger charge is 2.39. The number of hydrogen-bond donors (Lipinski definition) is 1. The lowest BCUT2D eigenvalue weighted by Gasteiger charge is -2.41. The monoisotopic (exact) mass is 284 g/mol. The third-order valence-electron chi connectivity index (χ3n) is 3.45. The Kier molecular flexibility index (Phi) is 4.11. The molecular formula is C15H21FO2S. The Hall–Kier alpha value is -0.740. The third kappa shape index (κ3) is 3.42. The molecule has 1 aliphatic heterocycles. The summed E-state index contributed by atoms with van der Waals surface area (Å²) in [6, 6.07) is 5.09. The molecule has 1 N–H and O–H groups in total. The molecule has 1 aromatic rings. The fraction of sp³-hybridized carbons (Fsp3) is 0.600. The predicted octanol–water partition coefficient (Wildman–Crippen LogP) is 3.27. The molecule has 2 rings (SSSR count). The Balaban J connectivity index is 2.20. The van der Waals surface area contributed by atoms with E-state index in [1.165, 1.54) is 7.11 Å². The summed E-state index contributed by atoms with van der Waals surface area (Å²) in [5.41, 5.74) is -0.216.